The van der Waals surface area contributed by atoms with Gasteiger partial charge >= 0.3 is 5.97 Å². The van der Waals surface area contributed by atoms with E-state index in [1.807, 2.05) is 42.5 Å². The van der Waals surface area contributed by atoms with E-state index >= 15 is 0 Å². The molecule has 5 aromatic rings. The van der Waals surface area contributed by atoms with E-state index in [0.29, 0.717) is 16.9 Å². The van der Waals surface area contributed by atoms with E-state index in [2.05, 4.69) is 6.58 Å². The zero-order valence-electron chi connectivity index (χ0n) is 21.1. The molecule has 0 radical (unpaired) electrons. The number of aromatic nitrogens is 2. The lowest BCUT2D eigenvalue weighted by molar-refractivity contribution is 0.0691. The second kappa shape index (κ2) is 11.9. The largest absolute Gasteiger partial charge is 0.423 e. The fraction of sp³-hybridized carbons (Fsp3) is 0. The molecule has 0 fully saturated rings. The maximum absolute atomic E-state index is 14.2. The Morgan fingerprint density at radius 2 is 1.12 bits per heavy atom. The highest BCUT2D eigenvalue weighted by Crippen LogP contribution is 2.32. The molecule has 4 aromatic carbocycles. The van der Waals surface area contributed by atoms with Crippen molar-refractivity contribution in [3.63, 3.8) is 0 Å². The second-order valence-electron chi connectivity index (χ2n) is 8.54. The average Bonchev–Trinajstić information content (AvgIpc) is 2.99. The number of nitrogens with zero attached hydrogens (tertiary/aromatic N) is 2. The van der Waals surface area contributed by atoms with E-state index in [9.17, 15) is 14.4 Å². The van der Waals surface area contributed by atoms with Crippen LogP contribution in [0, 0.1) is 4.77 Å². The number of carbonyl (C=O) groups is 2. The van der Waals surface area contributed by atoms with Gasteiger partial charge in [0.2, 0.25) is 5.12 Å². The van der Waals surface area contributed by atoms with Gasteiger partial charge in [-0.15, -0.1) is 0 Å². The van der Waals surface area contributed by atoms with E-state index in [4.69, 9.17) is 17.0 Å². The van der Waals surface area contributed by atoms with Gasteiger partial charge in [0.05, 0.1) is 11.3 Å². The fourth-order valence-corrected chi connectivity index (χ4v) is 5.51. The van der Waals surface area contributed by atoms with Gasteiger partial charge in [-0.1, -0.05) is 91.5 Å². The van der Waals surface area contributed by atoms with Crippen molar-refractivity contribution in [1.82, 2.24) is 9.13 Å². The molecule has 0 atom stereocenters. The van der Waals surface area contributed by atoms with Crippen LogP contribution in [0.2, 0.25) is 0 Å². The van der Waals surface area contributed by atoms with Crippen LogP contribution in [-0.4, -0.2) is 20.2 Å². The third kappa shape index (κ3) is 5.49. The van der Waals surface area contributed by atoms with Crippen molar-refractivity contribution in [3.8, 4) is 11.4 Å². The Balaban J connectivity index is 1.77. The van der Waals surface area contributed by atoms with Crippen LogP contribution in [0.4, 0.5) is 0 Å². The molecule has 1 aromatic heterocycles. The van der Waals surface area contributed by atoms with Crippen molar-refractivity contribution in [2.75, 3.05) is 0 Å². The van der Waals surface area contributed by atoms with Gasteiger partial charge in [0.15, 0.2) is 4.77 Å². The highest BCUT2D eigenvalue weighted by molar-refractivity contribution is 8.14. The van der Waals surface area contributed by atoms with E-state index in [1.54, 1.807) is 83.4 Å². The number of hydrogen-bond donors (Lipinski definition) is 0. The summed E-state index contributed by atoms with van der Waals surface area (Å²) >= 11 is 6.70. The number of benzene rings is 4. The second-order valence-corrected chi connectivity index (χ2v) is 9.87. The Morgan fingerprint density at radius 1 is 0.675 bits per heavy atom. The number of thioether (sulfide) groups is 1. The van der Waals surface area contributed by atoms with E-state index in [1.165, 1.54) is 4.57 Å². The summed E-state index contributed by atoms with van der Waals surface area (Å²) in [5, 5.41) is -0.131. The zero-order valence-corrected chi connectivity index (χ0v) is 22.7. The predicted molar refractivity (Wildman–Crippen MR) is 160 cm³/mol. The quantitative estimate of drug-likeness (QED) is 0.0692. The van der Waals surface area contributed by atoms with Gasteiger partial charge in [-0.25, -0.2) is 4.79 Å². The Labute approximate surface area is 239 Å². The number of ether oxygens (including phenoxy) is 1. The number of carbonyl (C=O) groups excluding carboxylic acids is 2. The molecule has 0 saturated heterocycles. The first-order valence-electron chi connectivity index (χ1n) is 12.2. The van der Waals surface area contributed by atoms with Crippen molar-refractivity contribution in [3.05, 3.63) is 160 Å². The fourth-order valence-electron chi connectivity index (χ4n) is 4.05. The maximum atomic E-state index is 14.2. The Hall–Kier alpha value is -4.79. The summed E-state index contributed by atoms with van der Waals surface area (Å²) in [6.45, 7) is 3.96. The first-order valence-corrected chi connectivity index (χ1v) is 13.4. The first kappa shape index (κ1) is 26.8. The number of para-hydroxylation sites is 2. The molecule has 5 rings (SSSR count). The van der Waals surface area contributed by atoms with Gasteiger partial charge in [0.1, 0.15) is 16.3 Å². The summed E-state index contributed by atoms with van der Waals surface area (Å²) in [7, 11) is 0. The van der Waals surface area contributed by atoms with Gasteiger partial charge in [0, 0.05) is 11.3 Å². The summed E-state index contributed by atoms with van der Waals surface area (Å²) in [5.41, 5.74) is 1.22. The minimum Gasteiger partial charge on any atom is -0.423 e. The standard InChI is InChI=1S/C32H22N2O4S2/c1-22(38-30(36)23-14-6-2-7-15-23)27-28(35)33(25-18-10-4-11-19-25)32(39)34(26-20-12-5-13-21-26)29(27)40-31(37)24-16-8-3-9-17-24/h2-21H,1H2. The molecule has 0 unspecified atom stereocenters. The van der Waals surface area contributed by atoms with Crippen LogP contribution in [-0.2, 0) is 4.74 Å². The Kier molecular flexibility index (Phi) is 8.00. The molecule has 40 heavy (non-hydrogen) atoms. The predicted octanol–water partition coefficient (Wildman–Crippen LogP) is 7.12. The molecule has 0 aliphatic rings. The lowest BCUT2D eigenvalue weighted by atomic mass is 10.2. The third-order valence-electron chi connectivity index (χ3n) is 5.95. The van der Waals surface area contributed by atoms with Gasteiger partial charge < -0.3 is 4.74 Å². The molecule has 0 spiro atoms. The molecule has 0 N–H and O–H groups in total. The number of hydrogen-bond acceptors (Lipinski definition) is 6. The third-order valence-corrected chi connectivity index (χ3v) is 7.31. The summed E-state index contributed by atoms with van der Waals surface area (Å²) in [6, 6.07) is 35.1. The highest BCUT2D eigenvalue weighted by Gasteiger charge is 2.26. The Morgan fingerprint density at radius 3 is 1.65 bits per heavy atom. The van der Waals surface area contributed by atoms with Crippen molar-refractivity contribution in [2.24, 2.45) is 0 Å². The number of esters is 1. The van der Waals surface area contributed by atoms with Crippen molar-refractivity contribution < 1.29 is 14.3 Å². The topological polar surface area (TPSA) is 70.3 Å². The first-order chi connectivity index (χ1) is 19.5. The monoisotopic (exact) mass is 562 g/mol. The van der Waals surface area contributed by atoms with E-state index < -0.39 is 11.5 Å². The molecule has 0 saturated carbocycles. The lowest BCUT2D eigenvalue weighted by Crippen LogP contribution is -2.29. The minimum atomic E-state index is -0.685. The molecule has 8 heteroatoms. The molecular weight excluding hydrogens is 540 g/mol. The molecule has 0 aliphatic heterocycles. The number of rotatable bonds is 7. The van der Waals surface area contributed by atoms with Crippen molar-refractivity contribution in [2.45, 2.75) is 5.03 Å². The normalized spacial score (nSPS) is 10.6. The van der Waals surface area contributed by atoms with Gasteiger partial charge in [-0.2, -0.15) is 0 Å². The maximum Gasteiger partial charge on any atom is 0.343 e. The summed E-state index contributed by atoms with van der Waals surface area (Å²) in [6.07, 6.45) is 0. The van der Waals surface area contributed by atoms with Gasteiger partial charge in [-0.05, 0) is 60.4 Å². The molecule has 0 amide bonds. The Bertz CT molecular complexity index is 1820. The average molecular weight is 563 g/mol. The smallest absolute Gasteiger partial charge is 0.343 e. The highest BCUT2D eigenvalue weighted by atomic mass is 32.2. The van der Waals surface area contributed by atoms with E-state index in [-0.39, 0.29) is 31.8 Å². The SMILES string of the molecule is C=C(OC(=O)c1ccccc1)c1c(SC(=O)c2ccccc2)n(-c2ccccc2)c(=S)n(-c2ccccc2)c1=O. The molecule has 1 heterocycles. The molecule has 6 nitrogen and oxygen atoms in total. The van der Waals surface area contributed by atoms with E-state index in [0.717, 1.165) is 11.8 Å². The zero-order chi connectivity index (χ0) is 28.1. The minimum absolute atomic E-state index is 0.0557. The van der Waals surface area contributed by atoms with Crippen LogP contribution >= 0.6 is 24.0 Å². The van der Waals surface area contributed by atoms with Crippen molar-refractivity contribution >= 4 is 40.8 Å². The molecular formula is C32H22N2O4S2. The van der Waals surface area contributed by atoms with Crippen LogP contribution in [0.3, 0.4) is 0 Å². The molecule has 196 valence electrons. The van der Waals surface area contributed by atoms with Crippen molar-refractivity contribution in [1.29, 1.82) is 0 Å². The van der Waals surface area contributed by atoms with Gasteiger partial charge in [0.25, 0.3) is 5.56 Å². The van der Waals surface area contributed by atoms with Crippen LogP contribution < -0.4 is 5.56 Å². The lowest BCUT2D eigenvalue weighted by Gasteiger charge is -2.21. The van der Waals surface area contributed by atoms with Crippen LogP contribution in [0.1, 0.15) is 26.3 Å². The van der Waals surface area contributed by atoms with Crippen LogP contribution in [0.5, 0.6) is 0 Å². The van der Waals surface area contributed by atoms with Crippen LogP contribution in [0.15, 0.2) is 138 Å². The summed E-state index contributed by atoms with van der Waals surface area (Å²) < 4.78 is 8.74. The molecule has 0 bridgehead atoms. The summed E-state index contributed by atoms with van der Waals surface area (Å²) in [4.78, 5) is 40.6. The summed E-state index contributed by atoms with van der Waals surface area (Å²) in [5.74, 6) is -0.887. The van der Waals surface area contributed by atoms with Crippen LogP contribution in [0.25, 0.3) is 17.1 Å². The van der Waals surface area contributed by atoms with Gasteiger partial charge in [-0.3, -0.25) is 18.7 Å². The molecule has 0 aliphatic carbocycles.